The first kappa shape index (κ1) is 11.6. The number of morpholine rings is 1. The molecule has 0 spiro atoms. The molecule has 0 radical (unpaired) electrons. The van der Waals surface area contributed by atoms with Crippen LogP contribution in [-0.2, 0) is 4.74 Å². The number of nitrogens with two attached hydrogens (primary N) is 1. The maximum Gasteiger partial charge on any atom is 0.128 e. The lowest BCUT2D eigenvalue weighted by Crippen LogP contribution is -2.49. The maximum absolute atomic E-state index is 5.84. The summed E-state index contributed by atoms with van der Waals surface area (Å²) in [6, 6.07) is 3.81. The predicted molar refractivity (Wildman–Crippen MR) is 64.8 cm³/mol. The minimum absolute atomic E-state index is 0.0371. The monoisotopic (exact) mass is 241 g/mol. The summed E-state index contributed by atoms with van der Waals surface area (Å²) in [4.78, 5) is 6.47. The normalized spacial score (nSPS) is 23.2. The van der Waals surface area contributed by atoms with Crippen molar-refractivity contribution in [3.8, 4) is 0 Å². The molecule has 4 nitrogen and oxygen atoms in total. The van der Waals surface area contributed by atoms with Crippen molar-refractivity contribution in [2.24, 2.45) is 5.73 Å². The molecule has 2 heterocycles. The Kier molecular flexibility index (Phi) is 3.63. The van der Waals surface area contributed by atoms with E-state index in [4.69, 9.17) is 22.1 Å². The van der Waals surface area contributed by atoms with Crippen LogP contribution in [0, 0.1) is 0 Å². The van der Waals surface area contributed by atoms with E-state index in [0.717, 1.165) is 18.9 Å². The highest BCUT2D eigenvalue weighted by molar-refractivity contribution is 6.30. The summed E-state index contributed by atoms with van der Waals surface area (Å²) in [6.07, 6.45) is 1.74. The second kappa shape index (κ2) is 4.99. The average Bonchev–Trinajstić information content (AvgIpc) is 2.30. The Labute approximate surface area is 100 Å². The molecule has 2 rings (SSSR count). The van der Waals surface area contributed by atoms with Gasteiger partial charge < -0.3 is 15.4 Å². The molecule has 2 unspecified atom stereocenters. The van der Waals surface area contributed by atoms with E-state index in [1.54, 1.807) is 6.20 Å². The smallest absolute Gasteiger partial charge is 0.128 e. The van der Waals surface area contributed by atoms with Crippen LogP contribution in [-0.4, -0.2) is 36.8 Å². The zero-order valence-corrected chi connectivity index (χ0v) is 10.0. The number of halogens is 1. The minimum Gasteiger partial charge on any atom is -0.373 e. The summed E-state index contributed by atoms with van der Waals surface area (Å²) in [6.45, 7) is 4.28. The fourth-order valence-electron chi connectivity index (χ4n) is 1.76. The highest BCUT2D eigenvalue weighted by Crippen LogP contribution is 2.17. The molecule has 1 saturated heterocycles. The van der Waals surface area contributed by atoms with Gasteiger partial charge in [-0.3, -0.25) is 0 Å². The second-order valence-corrected chi connectivity index (χ2v) is 4.49. The van der Waals surface area contributed by atoms with Crippen LogP contribution < -0.4 is 10.6 Å². The molecule has 88 valence electrons. The maximum atomic E-state index is 5.84. The Hall–Kier alpha value is -0.840. The molecule has 16 heavy (non-hydrogen) atoms. The molecular formula is C11H16ClN3O. The van der Waals surface area contributed by atoms with E-state index in [0.29, 0.717) is 11.6 Å². The molecular weight excluding hydrogens is 226 g/mol. The third kappa shape index (κ3) is 2.64. The Bertz CT molecular complexity index is 342. The molecule has 1 aromatic rings. The van der Waals surface area contributed by atoms with Gasteiger partial charge in [0.15, 0.2) is 0 Å². The third-order valence-electron chi connectivity index (χ3n) is 2.72. The van der Waals surface area contributed by atoms with Crippen LogP contribution >= 0.6 is 11.6 Å². The van der Waals surface area contributed by atoms with Gasteiger partial charge in [-0.15, -0.1) is 0 Å². The fourth-order valence-corrected chi connectivity index (χ4v) is 1.87. The first-order valence-corrected chi connectivity index (χ1v) is 5.78. The fraction of sp³-hybridized carbons (Fsp3) is 0.545. The Morgan fingerprint density at radius 3 is 3.06 bits per heavy atom. The summed E-state index contributed by atoms with van der Waals surface area (Å²) in [7, 11) is 0. The van der Waals surface area contributed by atoms with Crippen LogP contribution in [0.25, 0.3) is 0 Å². The van der Waals surface area contributed by atoms with Crippen LogP contribution in [0.3, 0.4) is 0 Å². The highest BCUT2D eigenvalue weighted by Gasteiger charge is 2.23. The Morgan fingerprint density at radius 1 is 1.62 bits per heavy atom. The van der Waals surface area contributed by atoms with Crippen molar-refractivity contribution >= 4 is 17.4 Å². The van der Waals surface area contributed by atoms with Gasteiger partial charge in [-0.1, -0.05) is 11.6 Å². The zero-order chi connectivity index (χ0) is 11.5. The number of rotatable bonds is 2. The highest BCUT2D eigenvalue weighted by atomic mass is 35.5. The number of pyridine rings is 1. The Morgan fingerprint density at radius 2 is 2.44 bits per heavy atom. The number of ether oxygens (including phenoxy) is 1. The van der Waals surface area contributed by atoms with Crippen LogP contribution in [0.1, 0.15) is 6.92 Å². The van der Waals surface area contributed by atoms with E-state index in [2.05, 4.69) is 9.88 Å². The van der Waals surface area contributed by atoms with E-state index < -0.39 is 0 Å². The van der Waals surface area contributed by atoms with E-state index >= 15 is 0 Å². The van der Waals surface area contributed by atoms with E-state index in [-0.39, 0.29) is 12.1 Å². The van der Waals surface area contributed by atoms with Gasteiger partial charge >= 0.3 is 0 Å². The molecule has 0 aliphatic carbocycles. The van der Waals surface area contributed by atoms with Gasteiger partial charge in [0.25, 0.3) is 0 Å². The van der Waals surface area contributed by atoms with Gasteiger partial charge in [-0.05, 0) is 19.1 Å². The van der Waals surface area contributed by atoms with Crippen molar-refractivity contribution in [1.82, 2.24) is 4.98 Å². The molecule has 0 amide bonds. The van der Waals surface area contributed by atoms with Gasteiger partial charge in [0, 0.05) is 25.3 Å². The van der Waals surface area contributed by atoms with Crippen molar-refractivity contribution < 1.29 is 4.74 Å². The summed E-state index contributed by atoms with van der Waals surface area (Å²) in [5.74, 6) is 0.929. The van der Waals surface area contributed by atoms with Crippen molar-refractivity contribution in [1.29, 1.82) is 0 Å². The van der Waals surface area contributed by atoms with Gasteiger partial charge in [-0.2, -0.15) is 0 Å². The van der Waals surface area contributed by atoms with Crippen LogP contribution in [0.5, 0.6) is 0 Å². The quantitative estimate of drug-likeness (QED) is 0.848. The summed E-state index contributed by atoms with van der Waals surface area (Å²) in [5, 5.41) is 0.653. The number of nitrogens with zero attached hydrogens (tertiary/aromatic N) is 2. The second-order valence-electron chi connectivity index (χ2n) is 4.05. The van der Waals surface area contributed by atoms with Crippen molar-refractivity contribution in [3.63, 3.8) is 0 Å². The predicted octanol–water partition coefficient (Wildman–Crippen LogP) is 1.29. The van der Waals surface area contributed by atoms with Crippen molar-refractivity contribution in [2.75, 3.05) is 24.6 Å². The molecule has 1 aromatic heterocycles. The van der Waals surface area contributed by atoms with Gasteiger partial charge in [0.05, 0.1) is 17.7 Å². The largest absolute Gasteiger partial charge is 0.373 e. The number of anilines is 1. The number of hydrogen-bond donors (Lipinski definition) is 1. The van der Waals surface area contributed by atoms with E-state index in [1.807, 2.05) is 19.1 Å². The molecule has 5 heteroatoms. The van der Waals surface area contributed by atoms with Crippen LogP contribution in [0.2, 0.25) is 5.02 Å². The lowest BCUT2D eigenvalue weighted by atomic mass is 10.1. The third-order valence-corrected chi connectivity index (χ3v) is 2.94. The summed E-state index contributed by atoms with van der Waals surface area (Å²) < 4.78 is 5.59. The molecule has 0 saturated carbocycles. The zero-order valence-electron chi connectivity index (χ0n) is 9.27. The first-order chi connectivity index (χ1) is 7.66. The molecule has 0 aromatic carbocycles. The van der Waals surface area contributed by atoms with E-state index in [1.165, 1.54) is 0 Å². The molecule has 2 atom stereocenters. The lowest BCUT2D eigenvalue weighted by Gasteiger charge is -2.35. The molecule has 2 N–H and O–H groups in total. The minimum atomic E-state index is 0.0371. The summed E-state index contributed by atoms with van der Waals surface area (Å²) in [5.41, 5.74) is 5.84. The SMILES string of the molecule is CC(N)C1CN(c2ccc(Cl)cn2)CCO1. The summed E-state index contributed by atoms with van der Waals surface area (Å²) >= 11 is 5.80. The van der Waals surface area contributed by atoms with Gasteiger partial charge in [-0.25, -0.2) is 4.98 Å². The topological polar surface area (TPSA) is 51.4 Å². The Balaban J connectivity index is 2.06. The standard InChI is InChI=1S/C11H16ClN3O/c1-8(13)10-7-15(4-5-16-10)11-3-2-9(12)6-14-11/h2-3,6,8,10H,4-5,7,13H2,1H3. The molecule has 1 aliphatic rings. The first-order valence-electron chi connectivity index (χ1n) is 5.40. The van der Waals surface area contributed by atoms with Gasteiger partial charge in [0.2, 0.25) is 0 Å². The van der Waals surface area contributed by atoms with Crippen molar-refractivity contribution in [2.45, 2.75) is 19.1 Å². The van der Waals surface area contributed by atoms with Crippen molar-refractivity contribution in [3.05, 3.63) is 23.4 Å². The van der Waals surface area contributed by atoms with Crippen LogP contribution in [0.4, 0.5) is 5.82 Å². The van der Waals surface area contributed by atoms with E-state index in [9.17, 15) is 0 Å². The van der Waals surface area contributed by atoms with Crippen LogP contribution in [0.15, 0.2) is 18.3 Å². The lowest BCUT2D eigenvalue weighted by molar-refractivity contribution is 0.0273. The molecule has 0 bridgehead atoms. The molecule has 1 aliphatic heterocycles. The number of aromatic nitrogens is 1. The average molecular weight is 242 g/mol. The molecule has 1 fully saturated rings. The van der Waals surface area contributed by atoms with Gasteiger partial charge in [0.1, 0.15) is 5.82 Å². The number of hydrogen-bond acceptors (Lipinski definition) is 4.